The van der Waals surface area contributed by atoms with Gasteiger partial charge in [0, 0.05) is 5.56 Å². The van der Waals surface area contributed by atoms with Crippen molar-refractivity contribution < 1.29 is 14.6 Å². The predicted molar refractivity (Wildman–Crippen MR) is 84.1 cm³/mol. The predicted octanol–water partition coefficient (Wildman–Crippen LogP) is 4.57. The molecule has 0 bridgehead atoms. The van der Waals surface area contributed by atoms with E-state index >= 15 is 0 Å². The molecular weight excluding hydrogens is 264 g/mol. The standard InChI is InChI=1S/C18H20O3/c1-4-12(2)13-5-7-14(8-6-13)16-11-15(18(19)20)9-10-17(16)21-3/h5-12H,4H2,1-3H3,(H,19,20). The molecule has 1 N–H and O–H groups in total. The van der Waals surface area contributed by atoms with Crippen molar-refractivity contribution in [2.45, 2.75) is 26.2 Å². The van der Waals surface area contributed by atoms with Crippen LogP contribution in [0.2, 0.25) is 0 Å². The van der Waals surface area contributed by atoms with Crippen LogP contribution in [0.3, 0.4) is 0 Å². The molecule has 21 heavy (non-hydrogen) atoms. The first-order valence-electron chi connectivity index (χ1n) is 7.08. The average Bonchev–Trinajstić information content (AvgIpc) is 2.53. The first-order valence-corrected chi connectivity index (χ1v) is 7.08. The molecule has 1 atom stereocenters. The third kappa shape index (κ3) is 3.24. The summed E-state index contributed by atoms with van der Waals surface area (Å²) in [5.41, 5.74) is 3.31. The van der Waals surface area contributed by atoms with Crippen molar-refractivity contribution in [1.82, 2.24) is 0 Å². The molecule has 3 heteroatoms. The molecule has 2 aromatic rings. The molecule has 1 unspecified atom stereocenters. The molecule has 0 saturated heterocycles. The Hall–Kier alpha value is -2.29. The van der Waals surface area contributed by atoms with Crippen molar-refractivity contribution in [2.24, 2.45) is 0 Å². The van der Waals surface area contributed by atoms with Crippen LogP contribution in [0, 0.1) is 0 Å². The molecular formula is C18H20O3. The van der Waals surface area contributed by atoms with Crippen molar-refractivity contribution >= 4 is 5.97 Å². The Morgan fingerprint density at radius 3 is 2.38 bits per heavy atom. The molecule has 2 rings (SSSR count). The molecule has 0 radical (unpaired) electrons. The van der Waals surface area contributed by atoms with Crippen LogP contribution in [0.4, 0.5) is 0 Å². The fourth-order valence-corrected chi connectivity index (χ4v) is 2.29. The maximum atomic E-state index is 11.1. The van der Waals surface area contributed by atoms with E-state index in [1.165, 1.54) is 5.56 Å². The van der Waals surface area contributed by atoms with Gasteiger partial charge in [0.2, 0.25) is 0 Å². The minimum absolute atomic E-state index is 0.261. The highest BCUT2D eigenvalue weighted by atomic mass is 16.5. The van der Waals surface area contributed by atoms with Gasteiger partial charge in [0.1, 0.15) is 5.75 Å². The molecule has 0 fully saturated rings. The van der Waals surface area contributed by atoms with Gasteiger partial charge < -0.3 is 9.84 Å². The van der Waals surface area contributed by atoms with Crippen LogP contribution in [0.25, 0.3) is 11.1 Å². The summed E-state index contributed by atoms with van der Waals surface area (Å²) in [4.78, 5) is 11.1. The second-order valence-electron chi connectivity index (χ2n) is 5.15. The zero-order valence-corrected chi connectivity index (χ0v) is 12.6. The van der Waals surface area contributed by atoms with E-state index in [4.69, 9.17) is 9.84 Å². The van der Waals surface area contributed by atoms with Crippen LogP contribution in [0.15, 0.2) is 42.5 Å². The van der Waals surface area contributed by atoms with Gasteiger partial charge in [-0.2, -0.15) is 0 Å². The van der Waals surface area contributed by atoms with Crippen LogP contribution in [0.5, 0.6) is 5.75 Å². The second kappa shape index (κ2) is 6.44. The molecule has 2 aromatic carbocycles. The Morgan fingerprint density at radius 2 is 1.86 bits per heavy atom. The molecule has 0 aliphatic rings. The largest absolute Gasteiger partial charge is 0.496 e. The lowest BCUT2D eigenvalue weighted by molar-refractivity contribution is 0.0697. The van der Waals surface area contributed by atoms with E-state index < -0.39 is 5.97 Å². The minimum atomic E-state index is -0.935. The zero-order valence-electron chi connectivity index (χ0n) is 12.6. The molecule has 0 aliphatic carbocycles. The molecule has 0 aromatic heterocycles. The van der Waals surface area contributed by atoms with Gasteiger partial charge in [-0.15, -0.1) is 0 Å². The average molecular weight is 284 g/mol. The summed E-state index contributed by atoms with van der Waals surface area (Å²) >= 11 is 0. The lowest BCUT2D eigenvalue weighted by atomic mass is 9.95. The SMILES string of the molecule is CCC(C)c1ccc(-c2cc(C(=O)O)ccc2OC)cc1. The van der Waals surface area contributed by atoms with E-state index in [9.17, 15) is 4.79 Å². The summed E-state index contributed by atoms with van der Waals surface area (Å²) < 4.78 is 5.34. The highest BCUT2D eigenvalue weighted by molar-refractivity contribution is 5.90. The second-order valence-corrected chi connectivity index (χ2v) is 5.15. The Bertz CT molecular complexity index is 629. The van der Waals surface area contributed by atoms with Gasteiger partial charge in [-0.1, -0.05) is 38.1 Å². The highest BCUT2D eigenvalue weighted by Gasteiger charge is 2.11. The number of carboxylic acid groups (broad SMARTS) is 1. The number of rotatable bonds is 5. The third-order valence-corrected chi connectivity index (χ3v) is 3.85. The van der Waals surface area contributed by atoms with E-state index in [0.717, 1.165) is 17.5 Å². The van der Waals surface area contributed by atoms with Gasteiger partial charge >= 0.3 is 5.97 Å². The van der Waals surface area contributed by atoms with Gasteiger partial charge in [-0.25, -0.2) is 4.79 Å². The van der Waals surface area contributed by atoms with Gasteiger partial charge in [-0.05, 0) is 41.7 Å². The van der Waals surface area contributed by atoms with Crippen molar-refractivity contribution in [3.63, 3.8) is 0 Å². The molecule has 0 saturated carbocycles. The number of hydrogen-bond donors (Lipinski definition) is 1. The van der Waals surface area contributed by atoms with Crippen molar-refractivity contribution in [3.05, 3.63) is 53.6 Å². The van der Waals surface area contributed by atoms with E-state index in [1.54, 1.807) is 25.3 Å². The monoisotopic (exact) mass is 284 g/mol. The lowest BCUT2D eigenvalue weighted by Gasteiger charge is -2.12. The first-order chi connectivity index (χ1) is 10.1. The fraction of sp³-hybridized carbons (Fsp3) is 0.278. The molecule has 0 spiro atoms. The topological polar surface area (TPSA) is 46.5 Å². The van der Waals surface area contributed by atoms with Gasteiger partial charge in [0.25, 0.3) is 0 Å². The number of carboxylic acids is 1. The maximum Gasteiger partial charge on any atom is 0.335 e. The lowest BCUT2D eigenvalue weighted by Crippen LogP contribution is -1.98. The summed E-state index contributed by atoms with van der Waals surface area (Å²) in [6, 6.07) is 13.1. The summed E-state index contributed by atoms with van der Waals surface area (Å²) in [6.45, 7) is 4.36. The van der Waals surface area contributed by atoms with Crippen LogP contribution >= 0.6 is 0 Å². The van der Waals surface area contributed by atoms with E-state index in [-0.39, 0.29) is 5.56 Å². The van der Waals surface area contributed by atoms with Crippen molar-refractivity contribution in [2.75, 3.05) is 7.11 Å². The maximum absolute atomic E-state index is 11.1. The van der Waals surface area contributed by atoms with Gasteiger partial charge in [0.05, 0.1) is 12.7 Å². The molecule has 0 heterocycles. The summed E-state index contributed by atoms with van der Waals surface area (Å²) in [5, 5.41) is 9.13. The Kier molecular flexibility index (Phi) is 4.63. The van der Waals surface area contributed by atoms with Crippen LogP contribution in [-0.2, 0) is 0 Å². The number of methoxy groups -OCH3 is 1. The minimum Gasteiger partial charge on any atom is -0.496 e. The van der Waals surface area contributed by atoms with Crippen LogP contribution < -0.4 is 4.74 Å². The van der Waals surface area contributed by atoms with E-state index in [0.29, 0.717) is 11.7 Å². The zero-order chi connectivity index (χ0) is 15.4. The number of aromatic carboxylic acids is 1. The van der Waals surface area contributed by atoms with E-state index in [2.05, 4.69) is 26.0 Å². The normalized spacial score (nSPS) is 12.0. The molecule has 0 aliphatic heterocycles. The van der Waals surface area contributed by atoms with Gasteiger partial charge in [0.15, 0.2) is 0 Å². The number of hydrogen-bond acceptors (Lipinski definition) is 2. The summed E-state index contributed by atoms with van der Waals surface area (Å²) in [6.07, 6.45) is 1.09. The Morgan fingerprint density at radius 1 is 1.19 bits per heavy atom. The fourth-order valence-electron chi connectivity index (χ4n) is 2.29. The first kappa shape index (κ1) is 15.1. The van der Waals surface area contributed by atoms with Crippen molar-refractivity contribution in [3.8, 4) is 16.9 Å². The summed E-state index contributed by atoms with van der Waals surface area (Å²) in [5.74, 6) is 0.262. The number of ether oxygens (including phenoxy) is 1. The summed E-state index contributed by atoms with van der Waals surface area (Å²) in [7, 11) is 1.59. The Labute approximate surface area is 125 Å². The smallest absolute Gasteiger partial charge is 0.335 e. The van der Waals surface area contributed by atoms with Crippen LogP contribution in [-0.4, -0.2) is 18.2 Å². The quantitative estimate of drug-likeness (QED) is 0.874. The van der Waals surface area contributed by atoms with Crippen molar-refractivity contribution in [1.29, 1.82) is 0 Å². The molecule has 3 nitrogen and oxygen atoms in total. The highest BCUT2D eigenvalue weighted by Crippen LogP contribution is 2.32. The molecule has 0 amide bonds. The van der Waals surface area contributed by atoms with E-state index in [1.807, 2.05) is 12.1 Å². The van der Waals surface area contributed by atoms with Gasteiger partial charge in [-0.3, -0.25) is 0 Å². The van der Waals surface area contributed by atoms with Crippen LogP contribution in [0.1, 0.15) is 42.1 Å². The number of carbonyl (C=O) groups is 1. The Balaban J connectivity index is 2.44. The number of benzene rings is 2. The third-order valence-electron chi connectivity index (χ3n) is 3.85. The molecule has 110 valence electrons.